The van der Waals surface area contributed by atoms with E-state index in [4.69, 9.17) is 0 Å². The number of carbonyl (C=O) groups excluding carboxylic acids is 1. The number of halogens is 3. The van der Waals surface area contributed by atoms with Crippen molar-refractivity contribution in [3.63, 3.8) is 0 Å². The largest absolute Gasteiger partial charge is 0.416 e. The monoisotopic (exact) mass is 522 g/mol. The molecule has 5 rings (SSSR count). The molecular formula is C26H25F3N8O. The molecule has 0 fully saturated rings. The summed E-state index contributed by atoms with van der Waals surface area (Å²) in [6, 6.07) is 8.52. The van der Waals surface area contributed by atoms with Gasteiger partial charge >= 0.3 is 6.18 Å². The van der Waals surface area contributed by atoms with Crippen LogP contribution in [0.25, 0.3) is 16.9 Å². The highest BCUT2D eigenvalue weighted by Gasteiger charge is 2.30. The average molecular weight is 523 g/mol. The normalized spacial score (nSPS) is 11.9. The van der Waals surface area contributed by atoms with Crippen molar-refractivity contribution in [2.24, 2.45) is 0 Å². The molecule has 0 aliphatic rings. The maximum atomic E-state index is 13.2. The van der Waals surface area contributed by atoms with E-state index >= 15 is 0 Å². The van der Waals surface area contributed by atoms with Crippen LogP contribution in [0.4, 0.5) is 18.9 Å². The fourth-order valence-electron chi connectivity index (χ4n) is 4.46. The molecule has 9 nitrogen and oxygen atoms in total. The topological polar surface area (TPSA) is 94.9 Å². The summed E-state index contributed by atoms with van der Waals surface area (Å²) in [5.74, 6) is -0.452. The first-order chi connectivity index (χ1) is 18.1. The van der Waals surface area contributed by atoms with Crippen molar-refractivity contribution in [1.29, 1.82) is 0 Å². The van der Waals surface area contributed by atoms with Gasteiger partial charge in [0.25, 0.3) is 5.91 Å². The van der Waals surface area contributed by atoms with Crippen molar-refractivity contribution >= 4 is 17.2 Å². The smallest absolute Gasteiger partial charge is 0.317 e. The summed E-state index contributed by atoms with van der Waals surface area (Å²) in [5, 5.41) is 16.2. The van der Waals surface area contributed by atoms with Gasteiger partial charge in [0, 0.05) is 30.1 Å². The van der Waals surface area contributed by atoms with Crippen molar-refractivity contribution in [3.05, 3.63) is 82.7 Å². The van der Waals surface area contributed by atoms with Gasteiger partial charge in [-0.2, -0.15) is 28.5 Å². The van der Waals surface area contributed by atoms with E-state index in [1.54, 1.807) is 47.6 Å². The number of alkyl halides is 3. The SMILES string of the molecule is CCn1ncc(-c2ccnc3cc(C(=O)Nc4c(C)nn(Cc5cccc(C(F)(F)F)c5)c4C)nn23)c1C. The van der Waals surface area contributed by atoms with E-state index in [1.807, 2.05) is 24.6 Å². The number of aromatic nitrogens is 7. The molecule has 5 aromatic rings. The Kier molecular flexibility index (Phi) is 6.25. The van der Waals surface area contributed by atoms with Gasteiger partial charge < -0.3 is 5.32 Å². The number of fused-ring (bicyclic) bond motifs is 1. The zero-order chi connectivity index (χ0) is 27.2. The Labute approximate surface area is 215 Å². The molecule has 1 aromatic carbocycles. The Balaban J connectivity index is 1.41. The molecule has 1 N–H and O–H groups in total. The van der Waals surface area contributed by atoms with Crippen LogP contribution in [0.15, 0.2) is 48.8 Å². The third-order valence-electron chi connectivity index (χ3n) is 6.48. The molecule has 0 unspecified atom stereocenters. The number of amides is 1. The van der Waals surface area contributed by atoms with Crippen molar-refractivity contribution in [1.82, 2.24) is 34.2 Å². The van der Waals surface area contributed by atoms with Crippen LogP contribution >= 0.6 is 0 Å². The second kappa shape index (κ2) is 9.43. The number of anilines is 1. The van der Waals surface area contributed by atoms with E-state index in [0.717, 1.165) is 35.6 Å². The van der Waals surface area contributed by atoms with E-state index in [0.29, 0.717) is 28.3 Å². The molecule has 0 saturated heterocycles. The molecular weight excluding hydrogens is 497 g/mol. The Bertz CT molecular complexity index is 1660. The van der Waals surface area contributed by atoms with Gasteiger partial charge in [0.2, 0.25) is 0 Å². The van der Waals surface area contributed by atoms with Crippen LogP contribution in [0.5, 0.6) is 0 Å². The molecule has 0 radical (unpaired) electrons. The van der Waals surface area contributed by atoms with Crippen LogP contribution < -0.4 is 5.32 Å². The maximum Gasteiger partial charge on any atom is 0.416 e. The van der Waals surface area contributed by atoms with Gasteiger partial charge in [0.15, 0.2) is 11.3 Å². The molecule has 12 heteroatoms. The molecule has 1 amide bonds. The van der Waals surface area contributed by atoms with Gasteiger partial charge in [0.05, 0.1) is 41.1 Å². The molecule has 0 saturated carbocycles. The zero-order valence-electron chi connectivity index (χ0n) is 21.2. The summed E-state index contributed by atoms with van der Waals surface area (Å²) in [7, 11) is 0. The molecule has 0 bridgehead atoms. The number of nitrogens with one attached hydrogen (secondary N) is 1. The van der Waals surface area contributed by atoms with Crippen molar-refractivity contribution in [2.75, 3.05) is 5.32 Å². The molecule has 196 valence electrons. The molecule has 0 spiro atoms. The molecule has 4 aromatic heterocycles. The minimum atomic E-state index is -4.43. The average Bonchev–Trinajstić information content (AvgIpc) is 3.55. The quantitative estimate of drug-likeness (QED) is 0.337. The van der Waals surface area contributed by atoms with Gasteiger partial charge in [-0.05, 0) is 51.5 Å². The van der Waals surface area contributed by atoms with Crippen molar-refractivity contribution in [3.8, 4) is 11.3 Å². The van der Waals surface area contributed by atoms with Crippen LogP contribution in [-0.2, 0) is 19.3 Å². The third kappa shape index (κ3) is 4.53. The fourth-order valence-corrected chi connectivity index (χ4v) is 4.46. The minimum Gasteiger partial charge on any atom is -0.317 e. The Morgan fingerprint density at radius 3 is 2.53 bits per heavy atom. The molecule has 38 heavy (non-hydrogen) atoms. The van der Waals surface area contributed by atoms with Crippen LogP contribution in [0.1, 0.15) is 45.6 Å². The third-order valence-corrected chi connectivity index (χ3v) is 6.48. The number of nitrogens with zero attached hydrogens (tertiary/aromatic N) is 7. The van der Waals surface area contributed by atoms with Crippen LogP contribution in [0, 0.1) is 20.8 Å². The standard InChI is InChI=1S/C26H25F3N8O/c1-5-35-16(3)20(13-31-35)22-9-10-30-23-12-21(34-37(22)23)25(38)32-24-15(2)33-36(17(24)4)14-18-7-6-8-19(11-18)26(27,28)29/h6-13H,5,14H2,1-4H3,(H,32,38). The molecule has 0 aliphatic heterocycles. The van der Waals surface area contributed by atoms with E-state index in [1.165, 1.54) is 6.07 Å². The number of hydrogen-bond donors (Lipinski definition) is 1. The van der Waals surface area contributed by atoms with E-state index < -0.39 is 17.6 Å². The minimum absolute atomic E-state index is 0.124. The summed E-state index contributed by atoms with van der Waals surface area (Å²) >= 11 is 0. The lowest BCUT2D eigenvalue weighted by molar-refractivity contribution is -0.137. The molecule has 0 aliphatic carbocycles. The Morgan fingerprint density at radius 2 is 1.82 bits per heavy atom. The van der Waals surface area contributed by atoms with E-state index in [-0.39, 0.29) is 12.2 Å². The highest BCUT2D eigenvalue weighted by molar-refractivity contribution is 6.04. The van der Waals surface area contributed by atoms with Crippen molar-refractivity contribution < 1.29 is 18.0 Å². The first-order valence-electron chi connectivity index (χ1n) is 12.0. The van der Waals surface area contributed by atoms with E-state index in [9.17, 15) is 18.0 Å². The molecule has 4 heterocycles. The summed E-state index contributed by atoms with van der Waals surface area (Å²) in [6.07, 6.45) is -1.01. The number of aryl methyl sites for hydroxylation is 2. The number of hydrogen-bond acceptors (Lipinski definition) is 5. The highest BCUT2D eigenvalue weighted by Crippen LogP contribution is 2.30. The van der Waals surface area contributed by atoms with E-state index in [2.05, 4.69) is 25.6 Å². The van der Waals surface area contributed by atoms with Gasteiger partial charge in [-0.25, -0.2) is 9.50 Å². The number of rotatable bonds is 6. The Hall–Kier alpha value is -4.48. The zero-order valence-corrected chi connectivity index (χ0v) is 21.2. The summed E-state index contributed by atoms with van der Waals surface area (Å²) in [4.78, 5) is 17.5. The first-order valence-corrected chi connectivity index (χ1v) is 12.0. The lowest BCUT2D eigenvalue weighted by atomic mass is 10.1. The van der Waals surface area contributed by atoms with Crippen LogP contribution in [0.2, 0.25) is 0 Å². The summed E-state index contributed by atoms with van der Waals surface area (Å²) in [5.41, 5.74) is 4.63. The number of carbonyl (C=O) groups is 1. The van der Waals surface area contributed by atoms with Gasteiger partial charge in [-0.3, -0.25) is 14.2 Å². The predicted molar refractivity (Wildman–Crippen MR) is 135 cm³/mol. The molecule has 0 atom stereocenters. The highest BCUT2D eigenvalue weighted by atomic mass is 19.4. The maximum absolute atomic E-state index is 13.2. The van der Waals surface area contributed by atoms with Crippen LogP contribution in [0.3, 0.4) is 0 Å². The second-order valence-electron chi connectivity index (χ2n) is 8.94. The second-order valence-corrected chi connectivity index (χ2v) is 8.94. The fraction of sp³-hybridized carbons (Fsp3) is 0.269. The van der Waals surface area contributed by atoms with Crippen LogP contribution in [-0.4, -0.2) is 40.1 Å². The van der Waals surface area contributed by atoms with Crippen molar-refractivity contribution in [2.45, 2.75) is 47.0 Å². The lowest BCUT2D eigenvalue weighted by Crippen LogP contribution is -2.14. The first kappa shape index (κ1) is 25.2. The summed E-state index contributed by atoms with van der Waals surface area (Å²) in [6.45, 7) is 8.31. The van der Waals surface area contributed by atoms with Gasteiger partial charge in [-0.1, -0.05) is 12.1 Å². The predicted octanol–water partition coefficient (Wildman–Crippen LogP) is 5.05. The summed E-state index contributed by atoms with van der Waals surface area (Å²) < 4.78 is 44.4. The number of benzene rings is 1. The van der Waals surface area contributed by atoms with Gasteiger partial charge in [-0.15, -0.1) is 0 Å². The lowest BCUT2D eigenvalue weighted by Gasteiger charge is -2.10. The van der Waals surface area contributed by atoms with Gasteiger partial charge in [0.1, 0.15) is 0 Å². The Morgan fingerprint density at radius 1 is 1.03 bits per heavy atom.